The molecule has 0 radical (unpaired) electrons. The molecule has 1 aliphatic heterocycles. The van der Waals surface area contributed by atoms with Crippen LogP contribution >= 0.6 is 0 Å². The van der Waals surface area contributed by atoms with Crippen molar-refractivity contribution in [2.45, 2.75) is 32.1 Å². The number of esters is 1. The molecule has 0 bridgehead atoms. The van der Waals surface area contributed by atoms with Crippen molar-refractivity contribution in [2.24, 2.45) is 0 Å². The van der Waals surface area contributed by atoms with Crippen LogP contribution in [0.2, 0.25) is 0 Å². The lowest BCUT2D eigenvalue weighted by atomic mass is 9.97. The van der Waals surface area contributed by atoms with Crippen LogP contribution in [-0.4, -0.2) is 24.3 Å². The van der Waals surface area contributed by atoms with Crippen LogP contribution < -0.4 is 5.32 Å². The molecule has 0 saturated heterocycles. The molecule has 0 aromatic heterocycles. The molecule has 0 unspecified atom stereocenters. The van der Waals surface area contributed by atoms with Crippen molar-refractivity contribution >= 4 is 23.3 Å². The summed E-state index contributed by atoms with van der Waals surface area (Å²) in [5.41, 5.74) is 2.84. The monoisotopic (exact) mass is 351 g/mol. The van der Waals surface area contributed by atoms with Gasteiger partial charge in [-0.1, -0.05) is 37.3 Å². The van der Waals surface area contributed by atoms with Gasteiger partial charge in [-0.05, 0) is 42.7 Å². The number of carbonyl (C=O) groups excluding carboxylic acids is 3. The highest BCUT2D eigenvalue weighted by atomic mass is 16.5. The van der Waals surface area contributed by atoms with Gasteiger partial charge in [0.1, 0.15) is 0 Å². The summed E-state index contributed by atoms with van der Waals surface area (Å²) in [6.07, 6.45) is 0.598. The fourth-order valence-corrected chi connectivity index (χ4v) is 3.13. The molecule has 0 aliphatic carbocycles. The quantitative estimate of drug-likeness (QED) is 0.637. The van der Waals surface area contributed by atoms with E-state index in [9.17, 15) is 14.4 Å². The van der Waals surface area contributed by atoms with Crippen LogP contribution in [0.4, 0.5) is 5.69 Å². The molecular weight excluding hydrogens is 330 g/mol. The predicted molar refractivity (Wildman–Crippen MR) is 98.3 cm³/mol. The molecule has 2 aromatic rings. The summed E-state index contributed by atoms with van der Waals surface area (Å²) in [5.74, 6) is -1.44. The minimum atomic E-state index is -0.404. The first kappa shape index (κ1) is 17.9. The van der Waals surface area contributed by atoms with Crippen molar-refractivity contribution in [2.75, 3.05) is 11.9 Å². The number of benzene rings is 2. The highest BCUT2D eigenvalue weighted by Crippen LogP contribution is 2.32. The minimum absolute atomic E-state index is 0.0790. The van der Waals surface area contributed by atoms with Gasteiger partial charge in [0.2, 0.25) is 5.91 Å². The number of Topliss-reactive ketones (excluding diaryl/α,β-unsaturated/α-hetero) is 1. The average molecular weight is 351 g/mol. The van der Waals surface area contributed by atoms with E-state index < -0.39 is 5.97 Å². The molecular formula is C21H21NO4. The number of anilines is 1. The summed E-state index contributed by atoms with van der Waals surface area (Å²) in [5, 5.41) is 2.77. The van der Waals surface area contributed by atoms with Crippen molar-refractivity contribution in [3.63, 3.8) is 0 Å². The first-order valence-corrected chi connectivity index (χ1v) is 8.70. The number of fused-ring (bicyclic) bond motifs is 1. The van der Waals surface area contributed by atoms with Crippen LogP contribution in [0.25, 0.3) is 0 Å². The number of amides is 1. The van der Waals surface area contributed by atoms with Gasteiger partial charge in [0.15, 0.2) is 12.4 Å². The molecule has 0 spiro atoms. The van der Waals surface area contributed by atoms with Crippen LogP contribution in [0, 0.1) is 0 Å². The summed E-state index contributed by atoms with van der Waals surface area (Å²) < 4.78 is 5.26. The molecule has 134 valence electrons. The lowest BCUT2D eigenvalue weighted by molar-refractivity contribution is -0.144. The summed E-state index contributed by atoms with van der Waals surface area (Å²) in [6.45, 7) is 3.39. The number of nitrogens with one attached hydrogen (secondary N) is 1. The Bertz CT molecular complexity index is 844. The lowest BCUT2D eigenvalue weighted by Gasteiger charge is -2.14. The lowest BCUT2D eigenvalue weighted by Crippen LogP contribution is -2.20. The molecule has 2 atom stereocenters. The van der Waals surface area contributed by atoms with Gasteiger partial charge in [0.05, 0.1) is 11.8 Å². The summed E-state index contributed by atoms with van der Waals surface area (Å²) >= 11 is 0. The highest BCUT2D eigenvalue weighted by molar-refractivity contribution is 6.05. The average Bonchev–Trinajstić information content (AvgIpc) is 2.95. The van der Waals surface area contributed by atoms with E-state index in [0.717, 1.165) is 16.8 Å². The number of rotatable bonds is 6. The van der Waals surface area contributed by atoms with Crippen LogP contribution in [0.1, 0.15) is 53.6 Å². The maximum atomic E-state index is 12.4. The Kier molecular flexibility index (Phi) is 5.16. The minimum Gasteiger partial charge on any atom is -0.457 e. The van der Waals surface area contributed by atoms with Crippen LogP contribution in [0.3, 0.4) is 0 Å². The van der Waals surface area contributed by atoms with E-state index in [-0.39, 0.29) is 30.1 Å². The van der Waals surface area contributed by atoms with Gasteiger partial charge in [-0.3, -0.25) is 14.4 Å². The van der Waals surface area contributed by atoms with Crippen LogP contribution in [0.15, 0.2) is 48.5 Å². The smallest absolute Gasteiger partial charge is 0.313 e. The third-order valence-corrected chi connectivity index (χ3v) is 4.73. The molecule has 1 amide bonds. The van der Waals surface area contributed by atoms with Crippen LogP contribution in [0.5, 0.6) is 0 Å². The molecule has 0 saturated carbocycles. The summed E-state index contributed by atoms with van der Waals surface area (Å²) in [6, 6.07) is 14.4. The number of ketones is 1. The SMILES string of the molecule is CC[C@H](C(=O)OCC(=O)c1ccc2c(c1)[C@@H](C)C(=O)N2)c1ccccc1. The highest BCUT2D eigenvalue weighted by Gasteiger charge is 2.27. The largest absolute Gasteiger partial charge is 0.457 e. The van der Waals surface area contributed by atoms with Gasteiger partial charge in [-0.15, -0.1) is 0 Å². The molecule has 26 heavy (non-hydrogen) atoms. The zero-order valence-corrected chi connectivity index (χ0v) is 14.8. The fourth-order valence-electron chi connectivity index (χ4n) is 3.13. The molecule has 1 heterocycles. The molecule has 5 nitrogen and oxygen atoms in total. The van der Waals surface area contributed by atoms with Crippen molar-refractivity contribution in [3.8, 4) is 0 Å². The summed E-state index contributed by atoms with van der Waals surface area (Å²) in [7, 11) is 0. The van der Waals surface area contributed by atoms with Crippen LogP contribution in [-0.2, 0) is 14.3 Å². The predicted octanol–water partition coefficient (Wildman–Crippen LogP) is 3.66. The fraction of sp³-hybridized carbons (Fsp3) is 0.286. The maximum absolute atomic E-state index is 12.4. The third-order valence-electron chi connectivity index (χ3n) is 4.73. The number of ether oxygens (including phenoxy) is 1. The Labute approximate surface area is 152 Å². The number of hydrogen-bond acceptors (Lipinski definition) is 4. The van der Waals surface area contributed by atoms with Crippen molar-refractivity contribution < 1.29 is 19.1 Å². The van der Waals surface area contributed by atoms with E-state index in [2.05, 4.69) is 5.32 Å². The van der Waals surface area contributed by atoms with Crippen molar-refractivity contribution in [1.29, 1.82) is 0 Å². The standard InChI is InChI=1S/C21H21NO4/c1-3-16(14-7-5-4-6-8-14)21(25)26-12-19(23)15-9-10-18-17(11-15)13(2)20(24)22-18/h4-11,13,16H,3,12H2,1-2H3,(H,22,24)/t13-,16+/m1/s1. The first-order valence-electron chi connectivity index (χ1n) is 8.70. The Morgan fingerprint density at radius 3 is 2.58 bits per heavy atom. The van der Waals surface area contributed by atoms with E-state index >= 15 is 0 Å². The molecule has 2 aromatic carbocycles. The number of hydrogen-bond donors (Lipinski definition) is 1. The van der Waals surface area contributed by atoms with Crippen molar-refractivity contribution in [3.05, 3.63) is 65.2 Å². The second kappa shape index (κ2) is 7.52. The Hall–Kier alpha value is -2.95. The molecule has 1 N–H and O–H groups in total. The second-order valence-corrected chi connectivity index (χ2v) is 6.42. The first-order chi connectivity index (χ1) is 12.5. The Morgan fingerprint density at radius 2 is 1.88 bits per heavy atom. The zero-order valence-electron chi connectivity index (χ0n) is 14.8. The number of carbonyl (C=O) groups is 3. The van der Waals surface area contributed by atoms with Crippen molar-refractivity contribution in [1.82, 2.24) is 0 Å². The molecule has 5 heteroatoms. The molecule has 1 aliphatic rings. The Balaban J connectivity index is 1.66. The topological polar surface area (TPSA) is 72.5 Å². The zero-order chi connectivity index (χ0) is 18.7. The van der Waals surface area contributed by atoms with E-state index in [1.54, 1.807) is 25.1 Å². The second-order valence-electron chi connectivity index (χ2n) is 6.42. The van der Waals surface area contributed by atoms with E-state index in [4.69, 9.17) is 4.74 Å². The van der Waals surface area contributed by atoms with Gasteiger partial charge < -0.3 is 10.1 Å². The van der Waals surface area contributed by atoms with Gasteiger partial charge in [-0.25, -0.2) is 0 Å². The van der Waals surface area contributed by atoms with Gasteiger partial charge in [0, 0.05) is 11.3 Å². The molecule has 0 fully saturated rings. The maximum Gasteiger partial charge on any atom is 0.313 e. The molecule has 3 rings (SSSR count). The van der Waals surface area contributed by atoms with Gasteiger partial charge >= 0.3 is 5.97 Å². The normalized spacial score (nSPS) is 16.5. The third kappa shape index (κ3) is 3.52. The summed E-state index contributed by atoms with van der Waals surface area (Å²) in [4.78, 5) is 36.5. The van der Waals surface area contributed by atoms with E-state index in [1.165, 1.54) is 0 Å². The Morgan fingerprint density at radius 1 is 1.15 bits per heavy atom. The van der Waals surface area contributed by atoms with Gasteiger partial charge in [0.25, 0.3) is 0 Å². The van der Waals surface area contributed by atoms with E-state index in [0.29, 0.717) is 12.0 Å². The van der Waals surface area contributed by atoms with E-state index in [1.807, 2.05) is 37.3 Å². The van der Waals surface area contributed by atoms with Gasteiger partial charge in [-0.2, -0.15) is 0 Å².